The lowest BCUT2D eigenvalue weighted by molar-refractivity contribution is -0.385. The fourth-order valence-corrected chi connectivity index (χ4v) is 2.05. The van der Waals surface area contributed by atoms with Crippen molar-refractivity contribution >= 4 is 11.5 Å². The Hall–Kier alpha value is -2.16. The van der Waals surface area contributed by atoms with Gasteiger partial charge in [-0.3, -0.25) is 10.1 Å². The molecule has 0 aliphatic heterocycles. The van der Waals surface area contributed by atoms with Crippen molar-refractivity contribution in [3.63, 3.8) is 0 Å². The molecule has 1 aliphatic rings. The smallest absolute Gasteiger partial charge is 0.305 e. The molecule has 6 nitrogen and oxygen atoms in total. The van der Waals surface area contributed by atoms with Gasteiger partial charge in [-0.1, -0.05) is 6.42 Å². The van der Waals surface area contributed by atoms with Crippen LogP contribution >= 0.6 is 0 Å². The second-order valence-electron chi connectivity index (χ2n) is 4.56. The zero-order chi connectivity index (χ0) is 13.1. The third-order valence-corrected chi connectivity index (χ3v) is 3.41. The van der Waals surface area contributed by atoms with Crippen molar-refractivity contribution in [2.24, 2.45) is 5.92 Å². The van der Waals surface area contributed by atoms with Crippen LogP contribution in [0, 0.1) is 27.4 Å². The molecule has 94 valence electrons. The Morgan fingerprint density at radius 2 is 2.33 bits per heavy atom. The van der Waals surface area contributed by atoms with Crippen LogP contribution < -0.4 is 5.32 Å². The summed E-state index contributed by atoms with van der Waals surface area (Å²) >= 11 is 0. The summed E-state index contributed by atoms with van der Waals surface area (Å²) in [5, 5.41) is 22.7. The number of aromatic nitrogens is 1. The maximum Gasteiger partial charge on any atom is 0.305 e. The minimum Gasteiger partial charge on any atom is -0.367 e. The molecule has 1 heterocycles. The first-order valence-electron chi connectivity index (χ1n) is 5.94. The minimum atomic E-state index is -0.593. The lowest BCUT2D eigenvalue weighted by Crippen LogP contribution is -2.31. The fraction of sp³-hybridized carbons (Fsp3) is 0.500. The van der Waals surface area contributed by atoms with Crippen LogP contribution in [0.1, 0.15) is 31.9 Å². The van der Waals surface area contributed by atoms with Gasteiger partial charge in [0.1, 0.15) is 11.9 Å². The van der Waals surface area contributed by atoms with Crippen molar-refractivity contribution in [3.05, 3.63) is 27.9 Å². The van der Waals surface area contributed by atoms with Gasteiger partial charge in [-0.05, 0) is 31.7 Å². The molecule has 6 heteroatoms. The van der Waals surface area contributed by atoms with E-state index < -0.39 is 4.92 Å². The molecule has 0 saturated heterocycles. The van der Waals surface area contributed by atoms with E-state index in [1.54, 1.807) is 12.1 Å². The highest BCUT2D eigenvalue weighted by Gasteiger charge is 2.24. The molecule has 0 amide bonds. The van der Waals surface area contributed by atoms with E-state index in [0.29, 0.717) is 11.7 Å². The molecule has 0 radical (unpaired) electrons. The number of nitriles is 1. The first-order valence-corrected chi connectivity index (χ1v) is 5.94. The van der Waals surface area contributed by atoms with Crippen LogP contribution in [0.15, 0.2) is 12.1 Å². The molecule has 1 N–H and O–H groups in total. The van der Waals surface area contributed by atoms with Crippen molar-refractivity contribution < 1.29 is 4.92 Å². The van der Waals surface area contributed by atoms with Gasteiger partial charge in [0.15, 0.2) is 0 Å². The standard InChI is InChI=1S/C12H14N4O2/c1-8(9-3-2-4-9)14-12-6-5-11(16(17)18)10(7-13)15-12/h5-6,8-9H,2-4H2,1H3,(H,14,15). The first-order chi connectivity index (χ1) is 8.61. The fourth-order valence-electron chi connectivity index (χ4n) is 2.05. The second-order valence-corrected chi connectivity index (χ2v) is 4.56. The number of nitrogens with zero attached hydrogens (tertiary/aromatic N) is 3. The van der Waals surface area contributed by atoms with E-state index >= 15 is 0 Å². The number of pyridine rings is 1. The average molecular weight is 246 g/mol. The maximum absolute atomic E-state index is 10.7. The van der Waals surface area contributed by atoms with E-state index in [4.69, 9.17) is 5.26 Å². The molecular weight excluding hydrogens is 232 g/mol. The molecule has 1 unspecified atom stereocenters. The van der Waals surface area contributed by atoms with Crippen LogP contribution in [0.3, 0.4) is 0 Å². The van der Waals surface area contributed by atoms with E-state index in [1.807, 2.05) is 0 Å². The summed E-state index contributed by atoms with van der Waals surface area (Å²) in [6.07, 6.45) is 3.66. The van der Waals surface area contributed by atoms with Gasteiger partial charge in [0.25, 0.3) is 0 Å². The summed E-state index contributed by atoms with van der Waals surface area (Å²) in [6, 6.07) is 4.90. The van der Waals surface area contributed by atoms with Gasteiger partial charge in [-0.15, -0.1) is 0 Å². The van der Waals surface area contributed by atoms with Gasteiger partial charge in [0.05, 0.1) is 4.92 Å². The minimum absolute atomic E-state index is 0.147. The number of hydrogen-bond acceptors (Lipinski definition) is 5. The number of anilines is 1. The summed E-state index contributed by atoms with van der Waals surface area (Å²) in [5.41, 5.74) is -0.398. The van der Waals surface area contributed by atoms with Crippen LogP contribution in [-0.2, 0) is 0 Å². The predicted octanol–water partition coefficient (Wildman–Crippen LogP) is 2.46. The SMILES string of the molecule is CC(Nc1ccc([N+](=O)[O-])c(C#N)n1)C1CCC1. The Balaban J connectivity index is 2.14. The first kappa shape index (κ1) is 12.3. The lowest BCUT2D eigenvalue weighted by atomic mass is 9.80. The van der Waals surface area contributed by atoms with Crippen LogP contribution in [0.2, 0.25) is 0 Å². The maximum atomic E-state index is 10.7. The van der Waals surface area contributed by atoms with Gasteiger partial charge in [-0.2, -0.15) is 5.26 Å². The highest BCUT2D eigenvalue weighted by Crippen LogP contribution is 2.31. The predicted molar refractivity (Wildman–Crippen MR) is 66.0 cm³/mol. The molecular formula is C12H14N4O2. The van der Waals surface area contributed by atoms with E-state index in [1.165, 1.54) is 25.3 Å². The van der Waals surface area contributed by atoms with Crippen molar-refractivity contribution in [2.45, 2.75) is 32.2 Å². The van der Waals surface area contributed by atoms with E-state index in [-0.39, 0.29) is 17.4 Å². The highest BCUT2D eigenvalue weighted by atomic mass is 16.6. The summed E-state index contributed by atoms with van der Waals surface area (Å²) in [5.74, 6) is 1.16. The molecule has 2 rings (SSSR count). The average Bonchev–Trinajstić information content (AvgIpc) is 2.25. The Bertz CT molecular complexity index is 505. The molecule has 1 fully saturated rings. The molecule has 1 aromatic rings. The van der Waals surface area contributed by atoms with E-state index in [0.717, 1.165) is 0 Å². The van der Waals surface area contributed by atoms with Crippen molar-refractivity contribution in [2.75, 3.05) is 5.32 Å². The molecule has 1 saturated carbocycles. The molecule has 0 spiro atoms. The van der Waals surface area contributed by atoms with Gasteiger partial charge in [-0.25, -0.2) is 4.98 Å². The Morgan fingerprint density at radius 1 is 1.61 bits per heavy atom. The molecule has 0 aromatic carbocycles. The monoisotopic (exact) mass is 246 g/mol. The number of hydrogen-bond donors (Lipinski definition) is 1. The van der Waals surface area contributed by atoms with E-state index in [2.05, 4.69) is 17.2 Å². The Labute approximate surface area is 105 Å². The zero-order valence-electron chi connectivity index (χ0n) is 10.1. The van der Waals surface area contributed by atoms with Gasteiger partial charge < -0.3 is 5.32 Å². The second kappa shape index (κ2) is 5.00. The summed E-state index contributed by atoms with van der Waals surface area (Å²) in [7, 11) is 0. The molecule has 0 bridgehead atoms. The molecule has 1 aromatic heterocycles. The number of rotatable bonds is 4. The van der Waals surface area contributed by atoms with Crippen LogP contribution in [-0.4, -0.2) is 15.9 Å². The molecule has 1 atom stereocenters. The van der Waals surface area contributed by atoms with Gasteiger partial charge in [0.2, 0.25) is 5.69 Å². The summed E-state index contributed by atoms with van der Waals surface area (Å²) in [4.78, 5) is 14.1. The van der Waals surface area contributed by atoms with Crippen molar-refractivity contribution in [1.29, 1.82) is 5.26 Å². The lowest BCUT2D eigenvalue weighted by Gasteiger charge is -2.32. The van der Waals surface area contributed by atoms with Crippen LogP contribution in [0.4, 0.5) is 11.5 Å². The van der Waals surface area contributed by atoms with Crippen LogP contribution in [0.5, 0.6) is 0 Å². The van der Waals surface area contributed by atoms with E-state index in [9.17, 15) is 10.1 Å². The Morgan fingerprint density at radius 3 is 2.83 bits per heavy atom. The quantitative estimate of drug-likeness (QED) is 0.650. The number of nitrogens with one attached hydrogen (secondary N) is 1. The zero-order valence-corrected chi connectivity index (χ0v) is 10.1. The third-order valence-electron chi connectivity index (χ3n) is 3.41. The number of nitro groups is 1. The summed E-state index contributed by atoms with van der Waals surface area (Å²) < 4.78 is 0. The highest BCUT2D eigenvalue weighted by molar-refractivity contribution is 5.50. The van der Waals surface area contributed by atoms with Crippen molar-refractivity contribution in [1.82, 2.24) is 4.98 Å². The Kier molecular flexibility index (Phi) is 3.42. The van der Waals surface area contributed by atoms with Crippen LogP contribution in [0.25, 0.3) is 0 Å². The van der Waals surface area contributed by atoms with Crippen molar-refractivity contribution in [3.8, 4) is 6.07 Å². The van der Waals surface area contributed by atoms with Gasteiger partial charge >= 0.3 is 5.69 Å². The van der Waals surface area contributed by atoms with Gasteiger partial charge in [0, 0.05) is 12.1 Å². The molecule has 1 aliphatic carbocycles. The largest absolute Gasteiger partial charge is 0.367 e. The third kappa shape index (κ3) is 2.40. The normalized spacial score (nSPS) is 16.4. The topological polar surface area (TPSA) is 91.9 Å². The summed E-state index contributed by atoms with van der Waals surface area (Å²) in [6.45, 7) is 2.07. The molecule has 18 heavy (non-hydrogen) atoms.